The molecule has 1 saturated heterocycles. The molecule has 0 amide bonds. The highest BCUT2D eigenvalue weighted by atomic mass is 79.9. The van der Waals surface area contributed by atoms with E-state index >= 15 is 0 Å². The second-order valence-electron chi connectivity index (χ2n) is 4.33. The molecule has 0 aliphatic carbocycles. The van der Waals surface area contributed by atoms with Gasteiger partial charge in [-0.2, -0.15) is 0 Å². The molecule has 0 bridgehead atoms. The number of aromatic nitrogens is 1. The lowest BCUT2D eigenvalue weighted by molar-refractivity contribution is 0.378. The molecule has 0 aromatic carbocycles. The Kier molecular flexibility index (Phi) is 3.72. The first-order chi connectivity index (χ1) is 7.58. The number of pyridine rings is 1. The van der Waals surface area contributed by atoms with Crippen molar-refractivity contribution in [3.05, 3.63) is 21.8 Å². The topological polar surface area (TPSA) is 42.2 Å². The van der Waals surface area contributed by atoms with Gasteiger partial charge in [0.05, 0.1) is 9.50 Å². The highest BCUT2D eigenvalue weighted by Crippen LogP contribution is 2.29. The van der Waals surface area contributed by atoms with Crippen molar-refractivity contribution in [1.29, 1.82) is 0 Å². The Labute approximate surface area is 109 Å². The zero-order chi connectivity index (χ0) is 11.7. The molecule has 1 aliphatic heterocycles. The Balaban J connectivity index is 2.18. The Morgan fingerprint density at radius 2 is 2.38 bits per heavy atom. The van der Waals surface area contributed by atoms with Crippen LogP contribution in [-0.2, 0) is 0 Å². The van der Waals surface area contributed by atoms with Crippen LogP contribution in [-0.4, -0.2) is 24.1 Å². The summed E-state index contributed by atoms with van der Waals surface area (Å²) in [5.74, 6) is 1.52. The Hall–Kier alpha value is -0.320. The molecule has 88 valence electrons. The van der Waals surface area contributed by atoms with Crippen LogP contribution in [0, 0.1) is 5.92 Å². The summed E-state index contributed by atoms with van der Waals surface area (Å²) in [6, 6.07) is 2.09. The van der Waals surface area contributed by atoms with E-state index in [0.29, 0.717) is 10.9 Å². The molecule has 1 aromatic heterocycles. The molecule has 2 unspecified atom stereocenters. The summed E-state index contributed by atoms with van der Waals surface area (Å²) in [6.45, 7) is 4.06. The van der Waals surface area contributed by atoms with E-state index in [1.165, 1.54) is 0 Å². The van der Waals surface area contributed by atoms with Gasteiger partial charge < -0.3 is 10.6 Å². The monoisotopic (exact) mass is 303 g/mol. The summed E-state index contributed by atoms with van der Waals surface area (Å²) in [5.41, 5.74) is 6.08. The smallest absolute Gasteiger partial charge is 0.143 e. The van der Waals surface area contributed by atoms with Crippen LogP contribution in [0.4, 0.5) is 5.82 Å². The normalized spacial score (nSPS) is 25.9. The van der Waals surface area contributed by atoms with E-state index < -0.39 is 0 Å². The number of nitrogens with zero attached hydrogens (tertiary/aromatic N) is 2. The van der Waals surface area contributed by atoms with Crippen LogP contribution in [0.3, 0.4) is 0 Å². The molecule has 0 saturated carbocycles. The minimum absolute atomic E-state index is 0.220. The summed E-state index contributed by atoms with van der Waals surface area (Å²) in [7, 11) is 0. The van der Waals surface area contributed by atoms with Crippen LogP contribution in [0.25, 0.3) is 0 Å². The van der Waals surface area contributed by atoms with Gasteiger partial charge in [-0.05, 0) is 34.3 Å². The Morgan fingerprint density at radius 1 is 1.62 bits per heavy atom. The van der Waals surface area contributed by atoms with Gasteiger partial charge in [0.1, 0.15) is 5.82 Å². The Bertz CT molecular complexity index is 385. The third kappa shape index (κ3) is 2.50. The van der Waals surface area contributed by atoms with Gasteiger partial charge in [-0.3, -0.25) is 0 Å². The molecule has 1 aliphatic rings. The third-order valence-corrected chi connectivity index (χ3v) is 3.89. The van der Waals surface area contributed by atoms with Crippen molar-refractivity contribution in [1.82, 2.24) is 4.98 Å². The lowest BCUT2D eigenvalue weighted by atomic mass is 9.94. The van der Waals surface area contributed by atoms with E-state index in [1.54, 1.807) is 6.20 Å². The lowest BCUT2D eigenvalue weighted by Crippen LogP contribution is -2.48. The maximum absolute atomic E-state index is 6.08. The van der Waals surface area contributed by atoms with Gasteiger partial charge in [-0.15, -0.1) is 0 Å². The molecule has 0 radical (unpaired) electrons. The second-order valence-corrected chi connectivity index (χ2v) is 5.63. The van der Waals surface area contributed by atoms with Crippen LogP contribution in [0.1, 0.15) is 13.3 Å². The largest absolute Gasteiger partial charge is 0.354 e. The fourth-order valence-electron chi connectivity index (χ4n) is 1.93. The molecule has 3 nitrogen and oxygen atoms in total. The summed E-state index contributed by atoms with van der Waals surface area (Å²) in [5, 5.41) is 0.644. The van der Waals surface area contributed by atoms with Crippen LogP contribution in [0.2, 0.25) is 5.02 Å². The van der Waals surface area contributed by atoms with Gasteiger partial charge in [0.25, 0.3) is 0 Å². The highest BCUT2D eigenvalue weighted by Gasteiger charge is 2.24. The molecule has 1 aromatic rings. The number of hydrogen-bond acceptors (Lipinski definition) is 3. The van der Waals surface area contributed by atoms with Gasteiger partial charge in [0, 0.05) is 25.3 Å². The molecule has 2 heterocycles. The molecular weight excluding hydrogens is 289 g/mol. The van der Waals surface area contributed by atoms with Crippen LogP contribution >= 0.6 is 27.5 Å². The zero-order valence-electron chi connectivity index (χ0n) is 9.16. The molecular formula is C11H15BrClN3. The predicted octanol–water partition coefficient (Wildman–Crippen LogP) is 2.67. The molecule has 2 rings (SSSR count). The minimum atomic E-state index is 0.220. The number of anilines is 1. The van der Waals surface area contributed by atoms with E-state index in [4.69, 9.17) is 17.3 Å². The summed E-state index contributed by atoms with van der Waals surface area (Å²) in [6.07, 6.45) is 2.78. The van der Waals surface area contributed by atoms with E-state index in [0.717, 1.165) is 29.8 Å². The predicted molar refractivity (Wildman–Crippen MR) is 70.9 cm³/mol. The van der Waals surface area contributed by atoms with Gasteiger partial charge in [-0.25, -0.2) is 4.98 Å². The SMILES string of the molecule is CC1CCN(c2ncc(Cl)cc2Br)CC1N. The number of rotatable bonds is 1. The van der Waals surface area contributed by atoms with Gasteiger partial charge in [0.15, 0.2) is 0 Å². The first kappa shape index (κ1) is 12.1. The van der Waals surface area contributed by atoms with Crippen molar-refractivity contribution < 1.29 is 0 Å². The van der Waals surface area contributed by atoms with Gasteiger partial charge >= 0.3 is 0 Å². The molecule has 5 heteroatoms. The van der Waals surface area contributed by atoms with E-state index in [9.17, 15) is 0 Å². The minimum Gasteiger partial charge on any atom is -0.354 e. The van der Waals surface area contributed by atoms with Crippen LogP contribution in [0.15, 0.2) is 16.7 Å². The van der Waals surface area contributed by atoms with Crippen molar-refractivity contribution in [2.24, 2.45) is 11.7 Å². The quantitative estimate of drug-likeness (QED) is 0.867. The fourth-order valence-corrected chi connectivity index (χ4v) is 2.82. The summed E-state index contributed by atoms with van der Waals surface area (Å²) in [4.78, 5) is 6.57. The van der Waals surface area contributed by atoms with E-state index in [1.807, 2.05) is 6.07 Å². The van der Waals surface area contributed by atoms with Crippen molar-refractivity contribution in [2.75, 3.05) is 18.0 Å². The van der Waals surface area contributed by atoms with Crippen LogP contribution in [0.5, 0.6) is 0 Å². The molecule has 0 spiro atoms. The van der Waals surface area contributed by atoms with Crippen molar-refractivity contribution in [2.45, 2.75) is 19.4 Å². The first-order valence-electron chi connectivity index (χ1n) is 5.39. The van der Waals surface area contributed by atoms with Crippen molar-refractivity contribution in [3.63, 3.8) is 0 Å². The van der Waals surface area contributed by atoms with Crippen LogP contribution < -0.4 is 10.6 Å². The third-order valence-electron chi connectivity index (χ3n) is 3.10. The van der Waals surface area contributed by atoms with E-state index in [-0.39, 0.29) is 6.04 Å². The number of halogens is 2. The first-order valence-corrected chi connectivity index (χ1v) is 6.56. The standard InChI is InChI=1S/C11H15BrClN3/c1-7-2-3-16(6-10(7)14)11-9(12)4-8(13)5-15-11/h4-5,7,10H,2-3,6,14H2,1H3. The number of nitrogens with two attached hydrogens (primary N) is 1. The molecule has 16 heavy (non-hydrogen) atoms. The summed E-state index contributed by atoms with van der Waals surface area (Å²) < 4.78 is 0.932. The zero-order valence-corrected chi connectivity index (χ0v) is 11.5. The summed E-state index contributed by atoms with van der Waals surface area (Å²) >= 11 is 9.36. The van der Waals surface area contributed by atoms with Gasteiger partial charge in [-0.1, -0.05) is 18.5 Å². The van der Waals surface area contributed by atoms with E-state index in [2.05, 4.69) is 32.7 Å². The average Bonchev–Trinajstić information content (AvgIpc) is 2.22. The van der Waals surface area contributed by atoms with Gasteiger partial charge in [0.2, 0.25) is 0 Å². The maximum Gasteiger partial charge on any atom is 0.143 e. The molecule has 1 fully saturated rings. The molecule has 2 N–H and O–H groups in total. The maximum atomic E-state index is 6.08. The van der Waals surface area contributed by atoms with Crippen molar-refractivity contribution >= 4 is 33.3 Å². The van der Waals surface area contributed by atoms with Crippen molar-refractivity contribution in [3.8, 4) is 0 Å². The second kappa shape index (κ2) is 4.90. The number of piperidine rings is 1. The molecule has 2 atom stereocenters. The Morgan fingerprint density at radius 3 is 3.00 bits per heavy atom. The average molecular weight is 305 g/mol. The fraction of sp³-hybridized carbons (Fsp3) is 0.545. The number of hydrogen-bond donors (Lipinski definition) is 1. The lowest BCUT2D eigenvalue weighted by Gasteiger charge is -2.36. The highest BCUT2D eigenvalue weighted by molar-refractivity contribution is 9.10.